The first-order chi connectivity index (χ1) is 10.7. The third kappa shape index (κ3) is 5.94. The first-order valence-electron chi connectivity index (χ1n) is 6.82. The number of thioether (sulfide) groups is 1. The summed E-state index contributed by atoms with van der Waals surface area (Å²) in [6, 6.07) is 7.63. The number of halogens is 1. The second kappa shape index (κ2) is 9.12. The molecule has 1 heterocycles. The second-order valence-corrected chi connectivity index (χ2v) is 7.67. The first-order valence-corrected chi connectivity index (χ1v) is 9.41. The first kappa shape index (κ1) is 17.2. The summed E-state index contributed by atoms with van der Waals surface area (Å²) in [4.78, 5) is 11.8. The summed E-state index contributed by atoms with van der Waals surface area (Å²) in [5.41, 5.74) is 0. The van der Waals surface area contributed by atoms with E-state index in [4.69, 9.17) is 4.74 Å². The summed E-state index contributed by atoms with van der Waals surface area (Å²) in [7, 11) is 0. The van der Waals surface area contributed by atoms with Gasteiger partial charge in [-0.15, -0.1) is 10.2 Å². The van der Waals surface area contributed by atoms with E-state index in [2.05, 4.69) is 38.4 Å². The molecule has 2 rings (SSSR count). The van der Waals surface area contributed by atoms with Crippen molar-refractivity contribution >= 4 is 50.1 Å². The molecule has 0 aliphatic rings. The van der Waals surface area contributed by atoms with Gasteiger partial charge in [0.25, 0.3) is 0 Å². The van der Waals surface area contributed by atoms with Crippen molar-refractivity contribution in [3.8, 4) is 5.75 Å². The van der Waals surface area contributed by atoms with Crippen molar-refractivity contribution in [2.75, 3.05) is 17.7 Å². The van der Waals surface area contributed by atoms with Crippen molar-refractivity contribution in [1.29, 1.82) is 0 Å². The van der Waals surface area contributed by atoms with Crippen LogP contribution in [-0.2, 0) is 4.79 Å². The van der Waals surface area contributed by atoms with Gasteiger partial charge in [-0.25, -0.2) is 0 Å². The number of hydrogen-bond donors (Lipinski definition) is 1. The molecule has 0 aliphatic carbocycles. The molecule has 8 heteroatoms. The highest BCUT2D eigenvalue weighted by Gasteiger charge is 2.08. The van der Waals surface area contributed by atoms with Gasteiger partial charge in [0, 0.05) is 10.9 Å². The summed E-state index contributed by atoms with van der Waals surface area (Å²) in [5.74, 6) is 1.66. The Bertz CT molecular complexity index is 622. The number of carbonyl (C=O) groups is 1. The zero-order valence-electron chi connectivity index (χ0n) is 12.0. The summed E-state index contributed by atoms with van der Waals surface area (Å²) in [6.07, 6.45) is 1.04. The van der Waals surface area contributed by atoms with Gasteiger partial charge < -0.3 is 10.1 Å². The van der Waals surface area contributed by atoms with Crippen LogP contribution < -0.4 is 10.1 Å². The molecule has 1 amide bonds. The lowest BCUT2D eigenvalue weighted by molar-refractivity contribution is -0.116. The van der Waals surface area contributed by atoms with E-state index in [0.29, 0.717) is 24.6 Å². The minimum absolute atomic E-state index is 0.0676. The van der Waals surface area contributed by atoms with Crippen molar-refractivity contribution in [1.82, 2.24) is 10.2 Å². The second-order valence-electron chi connectivity index (χ2n) is 4.26. The monoisotopic (exact) mass is 401 g/mol. The van der Waals surface area contributed by atoms with E-state index >= 15 is 0 Å². The topological polar surface area (TPSA) is 64.1 Å². The van der Waals surface area contributed by atoms with Crippen LogP contribution in [0.3, 0.4) is 0 Å². The maximum absolute atomic E-state index is 11.8. The fraction of sp³-hybridized carbons (Fsp3) is 0.357. The molecule has 0 bridgehead atoms. The summed E-state index contributed by atoms with van der Waals surface area (Å²) in [6.45, 7) is 2.55. The molecular weight excluding hydrogens is 386 g/mol. The summed E-state index contributed by atoms with van der Waals surface area (Å²) < 4.78 is 7.43. The molecule has 2 aromatic rings. The van der Waals surface area contributed by atoms with Crippen molar-refractivity contribution in [3.63, 3.8) is 0 Å². The molecule has 0 saturated heterocycles. The Morgan fingerprint density at radius 1 is 1.45 bits per heavy atom. The Labute approximate surface area is 146 Å². The lowest BCUT2D eigenvalue weighted by Crippen LogP contribution is -2.12. The smallest absolute Gasteiger partial charge is 0.226 e. The Morgan fingerprint density at radius 3 is 3.09 bits per heavy atom. The number of rotatable bonds is 8. The molecule has 1 aromatic heterocycles. The van der Waals surface area contributed by atoms with Gasteiger partial charge >= 0.3 is 0 Å². The lowest BCUT2D eigenvalue weighted by Gasteiger charge is -2.06. The van der Waals surface area contributed by atoms with Crippen LogP contribution in [0, 0.1) is 0 Å². The lowest BCUT2D eigenvalue weighted by atomic mass is 10.3. The minimum Gasteiger partial charge on any atom is -0.494 e. The quantitative estimate of drug-likeness (QED) is 0.407. The van der Waals surface area contributed by atoms with E-state index in [9.17, 15) is 4.79 Å². The average Bonchev–Trinajstić information content (AvgIpc) is 2.91. The normalized spacial score (nSPS) is 10.5. The van der Waals surface area contributed by atoms with E-state index in [0.717, 1.165) is 20.3 Å². The standard InChI is InChI=1S/C14H16BrN3O2S2/c1-2-21-14-18-17-13(22-14)16-12(19)7-4-8-20-11-6-3-5-10(15)9-11/h3,5-6,9H,2,4,7-8H2,1H3,(H,16,17,19). The highest BCUT2D eigenvalue weighted by Crippen LogP contribution is 2.25. The number of hydrogen-bond acceptors (Lipinski definition) is 6. The van der Waals surface area contributed by atoms with Gasteiger partial charge in [-0.1, -0.05) is 52.0 Å². The predicted octanol–water partition coefficient (Wildman–Crippen LogP) is 4.21. The number of amides is 1. The van der Waals surface area contributed by atoms with E-state index in [1.54, 1.807) is 11.8 Å². The van der Waals surface area contributed by atoms with Crippen LogP contribution in [0.4, 0.5) is 5.13 Å². The molecule has 0 radical (unpaired) electrons. The van der Waals surface area contributed by atoms with E-state index in [-0.39, 0.29) is 5.91 Å². The number of anilines is 1. The van der Waals surface area contributed by atoms with Crippen LogP contribution in [0.15, 0.2) is 33.1 Å². The van der Waals surface area contributed by atoms with E-state index in [1.807, 2.05) is 24.3 Å². The molecular formula is C14H16BrN3O2S2. The van der Waals surface area contributed by atoms with Gasteiger partial charge in [0.15, 0.2) is 4.34 Å². The van der Waals surface area contributed by atoms with Gasteiger partial charge in [-0.05, 0) is 30.4 Å². The largest absolute Gasteiger partial charge is 0.494 e. The van der Waals surface area contributed by atoms with Crippen molar-refractivity contribution in [2.45, 2.75) is 24.1 Å². The number of nitrogens with one attached hydrogen (secondary N) is 1. The van der Waals surface area contributed by atoms with Crippen LogP contribution in [0.2, 0.25) is 0 Å². The van der Waals surface area contributed by atoms with Crippen molar-refractivity contribution in [3.05, 3.63) is 28.7 Å². The SMILES string of the molecule is CCSc1nnc(NC(=O)CCCOc2cccc(Br)c2)s1. The highest BCUT2D eigenvalue weighted by atomic mass is 79.9. The third-order valence-electron chi connectivity index (χ3n) is 2.53. The number of nitrogens with zero attached hydrogens (tertiary/aromatic N) is 2. The fourth-order valence-corrected chi connectivity index (χ4v) is 3.65. The van der Waals surface area contributed by atoms with Crippen LogP contribution in [0.25, 0.3) is 0 Å². The van der Waals surface area contributed by atoms with Crippen LogP contribution >= 0.6 is 39.0 Å². The van der Waals surface area contributed by atoms with Gasteiger partial charge in [-0.2, -0.15) is 0 Å². The number of carbonyl (C=O) groups excluding carboxylic acids is 1. The Hall–Kier alpha value is -1.12. The zero-order chi connectivity index (χ0) is 15.8. The molecule has 1 aromatic carbocycles. The molecule has 0 saturated carbocycles. The summed E-state index contributed by atoms with van der Waals surface area (Å²) in [5, 5.41) is 11.2. The van der Waals surface area contributed by atoms with E-state index in [1.165, 1.54) is 11.3 Å². The Kier molecular flexibility index (Phi) is 7.14. The highest BCUT2D eigenvalue weighted by molar-refractivity contribution is 9.10. The maximum atomic E-state index is 11.8. The Balaban J connectivity index is 1.67. The van der Waals surface area contributed by atoms with Gasteiger partial charge in [0.1, 0.15) is 5.75 Å². The molecule has 22 heavy (non-hydrogen) atoms. The fourth-order valence-electron chi connectivity index (χ4n) is 1.60. The molecule has 0 spiro atoms. The van der Waals surface area contributed by atoms with Gasteiger partial charge in [0.05, 0.1) is 6.61 Å². The van der Waals surface area contributed by atoms with Crippen molar-refractivity contribution in [2.24, 2.45) is 0 Å². The van der Waals surface area contributed by atoms with Gasteiger partial charge in [0.2, 0.25) is 11.0 Å². The Morgan fingerprint density at radius 2 is 2.32 bits per heavy atom. The number of benzene rings is 1. The number of aromatic nitrogens is 2. The minimum atomic E-state index is -0.0676. The molecule has 0 fully saturated rings. The van der Waals surface area contributed by atoms with Crippen molar-refractivity contribution < 1.29 is 9.53 Å². The predicted molar refractivity (Wildman–Crippen MR) is 93.8 cm³/mol. The zero-order valence-corrected chi connectivity index (χ0v) is 15.3. The summed E-state index contributed by atoms with van der Waals surface area (Å²) >= 11 is 6.40. The average molecular weight is 402 g/mol. The third-order valence-corrected chi connectivity index (χ3v) is 4.88. The molecule has 118 valence electrons. The molecule has 1 N–H and O–H groups in total. The molecule has 0 aliphatic heterocycles. The molecule has 0 unspecified atom stereocenters. The molecule has 0 atom stereocenters. The number of ether oxygens (including phenoxy) is 1. The van der Waals surface area contributed by atoms with Crippen LogP contribution in [-0.4, -0.2) is 28.5 Å². The van der Waals surface area contributed by atoms with Crippen LogP contribution in [0.1, 0.15) is 19.8 Å². The maximum Gasteiger partial charge on any atom is 0.226 e. The van der Waals surface area contributed by atoms with E-state index < -0.39 is 0 Å². The van der Waals surface area contributed by atoms with Crippen LogP contribution in [0.5, 0.6) is 5.75 Å². The van der Waals surface area contributed by atoms with Gasteiger partial charge in [-0.3, -0.25) is 4.79 Å². The molecule has 5 nitrogen and oxygen atoms in total.